The van der Waals surface area contributed by atoms with E-state index in [-0.39, 0.29) is 16.9 Å². The Hall–Kier alpha value is -3.26. The van der Waals surface area contributed by atoms with Crippen LogP contribution in [0, 0.1) is 11.6 Å². The fourth-order valence-electron chi connectivity index (χ4n) is 3.50. The van der Waals surface area contributed by atoms with Crippen molar-refractivity contribution in [3.05, 3.63) is 69.4 Å². The second-order valence-electron chi connectivity index (χ2n) is 6.55. The van der Waals surface area contributed by atoms with E-state index in [0.717, 1.165) is 29.5 Å². The summed E-state index contributed by atoms with van der Waals surface area (Å²) in [6.45, 7) is 0. The molecule has 2 aromatic carbocycles. The molecule has 3 aromatic rings. The fourth-order valence-corrected chi connectivity index (χ4v) is 4.74. The van der Waals surface area contributed by atoms with E-state index < -0.39 is 29.4 Å². The summed E-state index contributed by atoms with van der Waals surface area (Å²) in [5.41, 5.74) is 1.26. The van der Waals surface area contributed by atoms with Crippen LogP contribution in [0.4, 0.5) is 14.5 Å². The molecule has 5 nitrogen and oxygen atoms in total. The molecule has 0 fully saturated rings. The molecule has 1 aromatic heterocycles. The molecule has 8 heteroatoms. The highest BCUT2D eigenvalue weighted by molar-refractivity contribution is 7.15. The van der Waals surface area contributed by atoms with E-state index in [0.29, 0.717) is 27.4 Å². The van der Waals surface area contributed by atoms with Gasteiger partial charge in [0.15, 0.2) is 0 Å². The predicted octanol–water partition coefficient (Wildman–Crippen LogP) is 4.87. The minimum atomic E-state index is -1.16. The Morgan fingerprint density at radius 2 is 1.93 bits per heavy atom. The minimum Gasteiger partial charge on any atom is -0.497 e. The van der Waals surface area contributed by atoms with Gasteiger partial charge in [-0.3, -0.25) is 4.79 Å². The van der Waals surface area contributed by atoms with Gasteiger partial charge in [0.05, 0.1) is 12.8 Å². The summed E-state index contributed by atoms with van der Waals surface area (Å²) in [4.78, 5) is 24.8. The van der Waals surface area contributed by atoms with E-state index >= 15 is 0 Å². The normalized spacial score (nSPS) is 15.6. The predicted molar refractivity (Wildman–Crippen MR) is 105 cm³/mol. The van der Waals surface area contributed by atoms with Crippen LogP contribution in [0.1, 0.15) is 32.5 Å². The van der Waals surface area contributed by atoms with Crippen LogP contribution in [0.5, 0.6) is 5.75 Å². The largest absolute Gasteiger partial charge is 0.497 e. The second-order valence-corrected chi connectivity index (χ2v) is 7.60. The number of thiophene rings is 1. The van der Waals surface area contributed by atoms with Gasteiger partial charge in [-0.1, -0.05) is 12.1 Å². The summed E-state index contributed by atoms with van der Waals surface area (Å²) >= 11 is 0.960. The van der Waals surface area contributed by atoms with Gasteiger partial charge in [-0.15, -0.1) is 11.3 Å². The number of benzene rings is 2. The van der Waals surface area contributed by atoms with Crippen molar-refractivity contribution in [1.82, 2.24) is 0 Å². The molecule has 0 saturated carbocycles. The first-order valence-corrected chi connectivity index (χ1v) is 9.50. The second kappa shape index (κ2) is 7.29. The number of nitrogens with one attached hydrogen (secondary N) is 1. The van der Waals surface area contributed by atoms with E-state index in [4.69, 9.17) is 4.74 Å². The number of carbonyl (C=O) groups is 2. The van der Waals surface area contributed by atoms with Crippen molar-refractivity contribution in [2.24, 2.45) is 0 Å². The maximum absolute atomic E-state index is 14.4. The summed E-state index contributed by atoms with van der Waals surface area (Å²) in [6.07, 6.45) is -0.102. The zero-order valence-corrected chi connectivity index (χ0v) is 16.0. The molecule has 1 unspecified atom stereocenters. The Bertz CT molecular complexity index is 1120. The molecular formula is C21H15F2NO4S. The van der Waals surface area contributed by atoms with Crippen molar-refractivity contribution in [3.63, 3.8) is 0 Å². The van der Waals surface area contributed by atoms with Crippen LogP contribution >= 0.6 is 11.3 Å². The van der Waals surface area contributed by atoms with Gasteiger partial charge in [0.25, 0.3) is 0 Å². The molecular weight excluding hydrogens is 400 g/mol. The minimum absolute atomic E-state index is 0.0178. The zero-order valence-electron chi connectivity index (χ0n) is 15.2. The first-order valence-electron chi connectivity index (χ1n) is 8.68. The van der Waals surface area contributed by atoms with Crippen LogP contribution in [0.3, 0.4) is 0 Å². The van der Waals surface area contributed by atoms with Crippen LogP contribution < -0.4 is 10.1 Å². The Kier molecular flexibility index (Phi) is 4.79. The lowest BCUT2D eigenvalue weighted by molar-refractivity contribution is -0.116. The molecule has 2 N–H and O–H groups in total. The maximum atomic E-state index is 14.4. The highest BCUT2D eigenvalue weighted by Crippen LogP contribution is 2.49. The fraction of sp³-hybridized carbons (Fsp3) is 0.143. The van der Waals surface area contributed by atoms with E-state index in [1.165, 1.54) is 7.11 Å². The van der Waals surface area contributed by atoms with Crippen LogP contribution in [0.15, 0.2) is 42.5 Å². The van der Waals surface area contributed by atoms with Crippen LogP contribution in [0.2, 0.25) is 0 Å². The number of halogens is 2. The summed E-state index contributed by atoms with van der Waals surface area (Å²) in [5.74, 6) is -3.01. The summed E-state index contributed by atoms with van der Waals surface area (Å²) in [6, 6.07) is 9.79. The van der Waals surface area contributed by atoms with Crippen molar-refractivity contribution in [2.45, 2.75) is 12.3 Å². The first-order chi connectivity index (χ1) is 13.9. The number of ether oxygens (including phenoxy) is 1. The molecule has 0 aliphatic carbocycles. The molecule has 0 radical (unpaired) electrons. The molecule has 0 spiro atoms. The number of rotatable bonds is 4. The summed E-state index contributed by atoms with van der Waals surface area (Å²) in [5, 5.41) is 12.5. The Morgan fingerprint density at radius 1 is 1.21 bits per heavy atom. The third kappa shape index (κ3) is 3.36. The molecule has 4 rings (SSSR count). The van der Waals surface area contributed by atoms with Crippen LogP contribution in [-0.2, 0) is 4.79 Å². The van der Waals surface area contributed by atoms with E-state index in [1.54, 1.807) is 24.3 Å². The highest BCUT2D eigenvalue weighted by atomic mass is 32.1. The average Bonchev–Trinajstić information content (AvgIpc) is 3.09. The monoisotopic (exact) mass is 415 g/mol. The average molecular weight is 415 g/mol. The van der Waals surface area contributed by atoms with Gasteiger partial charge in [0.1, 0.15) is 22.3 Å². The number of anilines is 1. The van der Waals surface area contributed by atoms with Gasteiger partial charge >= 0.3 is 5.97 Å². The number of methoxy groups -OCH3 is 1. The van der Waals surface area contributed by atoms with Crippen molar-refractivity contribution < 1.29 is 28.2 Å². The number of aromatic carboxylic acids is 1. The molecule has 29 heavy (non-hydrogen) atoms. The highest BCUT2D eigenvalue weighted by Gasteiger charge is 2.35. The van der Waals surface area contributed by atoms with Gasteiger partial charge < -0.3 is 15.2 Å². The topological polar surface area (TPSA) is 75.6 Å². The Morgan fingerprint density at radius 3 is 2.59 bits per heavy atom. The lowest BCUT2D eigenvalue weighted by Gasteiger charge is -2.24. The number of carboxylic acid groups (broad SMARTS) is 1. The smallest absolute Gasteiger partial charge is 0.346 e. The molecule has 0 bridgehead atoms. The van der Waals surface area contributed by atoms with Crippen LogP contribution in [0.25, 0.3) is 11.1 Å². The quantitative estimate of drug-likeness (QED) is 0.637. The van der Waals surface area contributed by atoms with E-state index in [9.17, 15) is 23.5 Å². The molecule has 148 valence electrons. The summed E-state index contributed by atoms with van der Waals surface area (Å²) < 4.78 is 33.3. The van der Waals surface area contributed by atoms with Crippen molar-refractivity contribution in [2.75, 3.05) is 12.4 Å². The third-order valence-electron chi connectivity index (χ3n) is 4.81. The van der Waals surface area contributed by atoms with Gasteiger partial charge in [-0.25, -0.2) is 13.6 Å². The molecule has 0 saturated heterocycles. The number of amides is 1. The van der Waals surface area contributed by atoms with Crippen LogP contribution in [-0.4, -0.2) is 24.1 Å². The van der Waals surface area contributed by atoms with E-state index in [2.05, 4.69) is 5.32 Å². The number of carbonyl (C=O) groups excluding carboxylic acids is 1. The lowest BCUT2D eigenvalue weighted by Crippen LogP contribution is -2.23. The Labute approximate surface area is 168 Å². The number of hydrogen-bond donors (Lipinski definition) is 2. The molecule has 1 aliphatic rings. The summed E-state index contributed by atoms with van der Waals surface area (Å²) in [7, 11) is 1.52. The van der Waals surface area contributed by atoms with E-state index in [1.807, 2.05) is 0 Å². The number of carboxylic acids is 1. The van der Waals surface area contributed by atoms with Gasteiger partial charge in [0.2, 0.25) is 5.91 Å². The number of hydrogen-bond acceptors (Lipinski definition) is 4. The Balaban J connectivity index is 1.93. The molecule has 1 atom stereocenters. The SMILES string of the molecule is COc1ccc(-c2c(C(=O)O)sc3c2NC(=O)CC3c2cc(F)ccc2F)cc1. The molecule has 2 heterocycles. The lowest BCUT2D eigenvalue weighted by atomic mass is 9.88. The van der Waals surface area contributed by atoms with Gasteiger partial charge in [0, 0.05) is 22.8 Å². The van der Waals surface area contributed by atoms with Crippen molar-refractivity contribution in [1.29, 1.82) is 0 Å². The van der Waals surface area contributed by atoms with Gasteiger partial charge in [-0.05, 0) is 41.5 Å². The molecule has 1 aliphatic heterocycles. The zero-order chi connectivity index (χ0) is 20.7. The third-order valence-corrected chi connectivity index (χ3v) is 6.10. The first kappa shape index (κ1) is 19.1. The number of fused-ring (bicyclic) bond motifs is 1. The standard InChI is InChI=1S/C21H15F2NO4S/c1-28-12-5-2-10(3-6-12)17-18-19(29-20(17)21(26)27)14(9-16(25)24-18)13-8-11(22)4-7-15(13)23/h2-8,14H,9H2,1H3,(H,24,25)(H,26,27). The van der Waals surface area contributed by atoms with Gasteiger partial charge in [-0.2, -0.15) is 0 Å². The molecule has 1 amide bonds. The van der Waals surface area contributed by atoms with Crippen molar-refractivity contribution >= 4 is 28.9 Å². The maximum Gasteiger partial charge on any atom is 0.346 e. The van der Waals surface area contributed by atoms with Crippen molar-refractivity contribution in [3.8, 4) is 16.9 Å².